The Morgan fingerprint density at radius 1 is 1.13 bits per heavy atom. The number of hydrogen-bond donors (Lipinski definition) is 1. The number of aromatic nitrogens is 3. The van der Waals surface area contributed by atoms with Crippen LogP contribution in [-0.2, 0) is 4.79 Å². The lowest BCUT2D eigenvalue weighted by Crippen LogP contribution is -2.48. The third-order valence-electron chi connectivity index (χ3n) is 5.22. The molecular weight excluding hydrogens is 384 g/mol. The second kappa shape index (κ2) is 8.36. The molecule has 3 aromatic rings. The highest BCUT2D eigenvalue weighted by Gasteiger charge is 2.34. The van der Waals surface area contributed by atoms with Crippen molar-refractivity contribution in [1.29, 1.82) is 0 Å². The molecule has 8 heteroatoms. The summed E-state index contributed by atoms with van der Waals surface area (Å²) in [5.74, 6) is -0.884. The molecule has 0 saturated carbocycles. The van der Waals surface area contributed by atoms with E-state index >= 15 is 0 Å². The summed E-state index contributed by atoms with van der Waals surface area (Å²) in [5.41, 5.74) is 2.48. The van der Waals surface area contributed by atoms with Crippen molar-refractivity contribution in [3.8, 4) is 22.8 Å². The number of hydrogen-bond acceptors (Lipinski definition) is 5. The number of carboxylic acids is 1. The van der Waals surface area contributed by atoms with Gasteiger partial charge in [0.2, 0.25) is 5.88 Å². The molecule has 1 saturated heterocycles. The number of carbonyl (C=O) groups excluding carboxylic acids is 1. The van der Waals surface area contributed by atoms with E-state index in [0.29, 0.717) is 24.5 Å². The molecule has 8 nitrogen and oxygen atoms in total. The first-order valence-electron chi connectivity index (χ1n) is 9.78. The van der Waals surface area contributed by atoms with Gasteiger partial charge in [-0.1, -0.05) is 30.3 Å². The van der Waals surface area contributed by atoms with E-state index in [1.54, 1.807) is 36.2 Å². The standard InChI is InChI=1S/C22H22N4O4/c1-30-20-11-10-16(14-23-20)26-19(15-7-3-2-4-8-15)13-17(24-26)21(27)25-12-6-5-9-18(25)22(28)29/h2-4,7-8,10-11,13-14,18H,5-6,9,12H2,1H3,(H,28,29). The van der Waals surface area contributed by atoms with Gasteiger partial charge in [-0.15, -0.1) is 0 Å². The van der Waals surface area contributed by atoms with Crippen LogP contribution in [0.5, 0.6) is 5.88 Å². The van der Waals surface area contributed by atoms with Crippen molar-refractivity contribution in [2.24, 2.45) is 0 Å². The maximum absolute atomic E-state index is 13.2. The maximum Gasteiger partial charge on any atom is 0.326 e. The number of likely N-dealkylation sites (tertiary alicyclic amines) is 1. The van der Waals surface area contributed by atoms with Gasteiger partial charge in [0.25, 0.3) is 5.91 Å². The summed E-state index contributed by atoms with van der Waals surface area (Å²) in [6.45, 7) is 0.410. The molecule has 1 aliphatic rings. The van der Waals surface area contributed by atoms with E-state index in [4.69, 9.17) is 4.74 Å². The fourth-order valence-corrected chi connectivity index (χ4v) is 3.69. The van der Waals surface area contributed by atoms with Crippen LogP contribution in [-0.4, -0.2) is 56.3 Å². The number of pyridine rings is 1. The van der Waals surface area contributed by atoms with E-state index in [0.717, 1.165) is 24.1 Å². The van der Waals surface area contributed by atoms with Gasteiger partial charge in [0.05, 0.1) is 24.7 Å². The van der Waals surface area contributed by atoms with Crippen molar-refractivity contribution in [3.63, 3.8) is 0 Å². The van der Waals surface area contributed by atoms with Crippen LogP contribution in [0.1, 0.15) is 29.8 Å². The number of rotatable bonds is 5. The molecule has 1 fully saturated rings. The van der Waals surface area contributed by atoms with Crippen molar-refractivity contribution >= 4 is 11.9 Å². The molecule has 0 aliphatic carbocycles. The summed E-state index contributed by atoms with van der Waals surface area (Å²) < 4.78 is 6.77. The molecule has 2 aromatic heterocycles. The van der Waals surface area contributed by atoms with E-state index < -0.39 is 12.0 Å². The number of piperidine rings is 1. The van der Waals surface area contributed by atoms with Crippen molar-refractivity contribution in [2.75, 3.05) is 13.7 Å². The van der Waals surface area contributed by atoms with E-state index in [2.05, 4.69) is 10.1 Å². The number of amides is 1. The van der Waals surface area contributed by atoms with Gasteiger partial charge in [0.15, 0.2) is 5.69 Å². The molecule has 0 spiro atoms. The second-order valence-electron chi connectivity index (χ2n) is 7.10. The average Bonchev–Trinajstić information content (AvgIpc) is 3.24. The van der Waals surface area contributed by atoms with Gasteiger partial charge in [0, 0.05) is 18.2 Å². The predicted molar refractivity (Wildman–Crippen MR) is 110 cm³/mol. The zero-order valence-corrected chi connectivity index (χ0v) is 16.6. The highest BCUT2D eigenvalue weighted by Crippen LogP contribution is 2.26. The van der Waals surface area contributed by atoms with E-state index in [1.807, 2.05) is 30.3 Å². The van der Waals surface area contributed by atoms with Gasteiger partial charge in [-0.25, -0.2) is 14.5 Å². The van der Waals surface area contributed by atoms with Crippen LogP contribution < -0.4 is 4.74 Å². The molecule has 1 atom stereocenters. The predicted octanol–water partition coefficient (Wildman–Crippen LogP) is 3.02. The first-order chi connectivity index (χ1) is 14.6. The van der Waals surface area contributed by atoms with Gasteiger partial charge in [0.1, 0.15) is 6.04 Å². The third kappa shape index (κ3) is 3.76. The number of benzene rings is 1. The number of methoxy groups -OCH3 is 1. The first kappa shape index (κ1) is 19.6. The van der Waals surface area contributed by atoms with Gasteiger partial charge >= 0.3 is 5.97 Å². The maximum atomic E-state index is 13.2. The van der Waals surface area contributed by atoms with Crippen molar-refractivity contribution in [3.05, 3.63) is 60.4 Å². The van der Waals surface area contributed by atoms with Crippen LogP contribution in [0, 0.1) is 0 Å². The third-order valence-corrected chi connectivity index (χ3v) is 5.22. The van der Waals surface area contributed by atoms with Crippen molar-refractivity contribution in [2.45, 2.75) is 25.3 Å². The Hall–Kier alpha value is -3.68. The summed E-state index contributed by atoms with van der Waals surface area (Å²) in [6.07, 6.45) is 3.65. The summed E-state index contributed by atoms with van der Waals surface area (Å²) in [6, 6.07) is 14.0. The van der Waals surface area contributed by atoms with Crippen molar-refractivity contribution in [1.82, 2.24) is 19.7 Å². The summed E-state index contributed by atoms with van der Waals surface area (Å²) in [4.78, 5) is 30.5. The number of ether oxygens (including phenoxy) is 1. The average molecular weight is 406 g/mol. The molecule has 4 rings (SSSR count). The quantitative estimate of drug-likeness (QED) is 0.700. The molecule has 30 heavy (non-hydrogen) atoms. The van der Waals surface area contributed by atoms with Crippen LogP contribution in [0.3, 0.4) is 0 Å². The van der Waals surface area contributed by atoms with Gasteiger partial charge < -0.3 is 14.7 Å². The van der Waals surface area contributed by atoms with Crippen LogP contribution in [0.4, 0.5) is 0 Å². The van der Waals surface area contributed by atoms with E-state index in [1.165, 1.54) is 4.90 Å². The SMILES string of the molecule is COc1ccc(-n2nc(C(=O)N3CCCCC3C(=O)O)cc2-c2ccccc2)cn1. The second-order valence-corrected chi connectivity index (χ2v) is 7.10. The van der Waals surface area contributed by atoms with E-state index in [-0.39, 0.29) is 11.6 Å². The molecule has 1 amide bonds. The van der Waals surface area contributed by atoms with Crippen LogP contribution in [0.25, 0.3) is 16.9 Å². The summed E-state index contributed by atoms with van der Waals surface area (Å²) in [5, 5.41) is 14.1. The molecule has 154 valence electrons. The highest BCUT2D eigenvalue weighted by molar-refractivity contribution is 5.96. The molecule has 1 aromatic carbocycles. The Kier molecular flexibility index (Phi) is 5.47. The Morgan fingerprint density at radius 2 is 1.93 bits per heavy atom. The monoisotopic (exact) mass is 406 g/mol. The van der Waals surface area contributed by atoms with Crippen LogP contribution in [0.15, 0.2) is 54.7 Å². The van der Waals surface area contributed by atoms with E-state index in [9.17, 15) is 14.7 Å². The van der Waals surface area contributed by atoms with Gasteiger partial charge in [-0.3, -0.25) is 4.79 Å². The lowest BCUT2D eigenvalue weighted by atomic mass is 10.0. The number of carboxylic acid groups (broad SMARTS) is 1. The number of aliphatic carboxylic acids is 1. The lowest BCUT2D eigenvalue weighted by Gasteiger charge is -2.32. The summed E-state index contributed by atoms with van der Waals surface area (Å²) in [7, 11) is 1.54. The zero-order chi connectivity index (χ0) is 21.1. The molecular formula is C22H22N4O4. The Bertz CT molecular complexity index is 1050. The normalized spacial score (nSPS) is 16.3. The zero-order valence-electron chi connectivity index (χ0n) is 16.6. The Morgan fingerprint density at radius 3 is 2.60 bits per heavy atom. The van der Waals surface area contributed by atoms with Crippen molar-refractivity contribution < 1.29 is 19.4 Å². The first-order valence-corrected chi connectivity index (χ1v) is 9.78. The number of nitrogens with zero attached hydrogens (tertiary/aromatic N) is 4. The Labute approximate surface area is 173 Å². The molecule has 1 aliphatic heterocycles. The van der Waals surface area contributed by atoms with Gasteiger partial charge in [-0.05, 0) is 31.4 Å². The van der Waals surface area contributed by atoms with Crippen LogP contribution in [0.2, 0.25) is 0 Å². The largest absolute Gasteiger partial charge is 0.481 e. The molecule has 1 unspecified atom stereocenters. The fourth-order valence-electron chi connectivity index (χ4n) is 3.69. The minimum atomic E-state index is -0.981. The number of carbonyl (C=O) groups is 2. The molecule has 3 heterocycles. The Balaban J connectivity index is 1.76. The smallest absolute Gasteiger partial charge is 0.326 e. The molecule has 0 radical (unpaired) electrons. The van der Waals surface area contributed by atoms with Crippen LogP contribution >= 0.6 is 0 Å². The molecule has 0 bridgehead atoms. The fraction of sp³-hybridized carbons (Fsp3) is 0.273. The minimum Gasteiger partial charge on any atom is -0.481 e. The summed E-state index contributed by atoms with van der Waals surface area (Å²) >= 11 is 0. The molecule has 1 N–H and O–H groups in total. The highest BCUT2D eigenvalue weighted by atomic mass is 16.5. The topological polar surface area (TPSA) is 97.6 Å². The van der Waals surface area contributed by atoms with Gasteiger partial charge in [-0.2, -0.15) is 5.10 Å². The minimum absolute atomic E-state index is 0.206. The lowest BCUT2D eigenvalue weighted by molar-refractivity contribution is -0.143.